The van der Waals surface area contributed by atoms with Gasteiger partial charge in [-0.15, -0.1) is 0 Å². The molecule has 116 valence electrons. The lowest BCUT2D eigenvalue weighted by molar-refractivity contribution is 0.0246. The highest BCUT2D eigenvalue weighted by atomic mass is 16.5. The number of anilines is 1. The summed E-state index contributed by atoms with van der Waals surface area (Å²) >= 11 is 0. The summed E-state index contributed by atoms with van der Waals surface area (Å²) in [6.07, 6.45) is 5.79. The standard InChI is InChI=1S/C16H24N2O3/c1-21-13-8-6-7-12(14(13)17)15(19)18-11-16(20)9-4-2-3-5-10-16/h6-8,20H,2-5,9-11,17H2,1H3,(H,18,19). The smallest absolute Gasteiger partial charge is 0.253 e. The Kier molecular flexibility index (Phi) is 5.07. The lowest BCUT2D eigenvalue weighted by Crippen LogP contribution is -2.42. The molecule has 5 nitrogen and oxygen atoms in total. The van der Waals surface area contributed by atoms with E-state index >= 15 is 0 Å². The number of rotatable bonds is 4. The molecule has 1 aromatic rings. The summed E-state index contributed by atoms with van der Waals surface area (Å²) in [7, 11) is 1.52. The first-order valence-electron chi connectivity index (χ1n) is 7.49. The van der Waals surface area contributed by atoms with Crippen LogP contribution in [-0.2, 0) is 0 Å². The molecular weight excluding hydrogens is 268 g/mol. The van der Waals surface area contributed by atoms with E-state index in [1.54, 1.807) is 18.2 Å². The van der Waals surface area contributed by atoms with E-state index in [1.807, 2.05) is 0 Å². The molecule has 0 aromatic heterocycles. The van der Waals surface area contributed by atoms with E-state index in [4.69, 9.17) is 10.5 Å². The number of ether oxygens (including phenoxy) is 1. The number of carbonyl (C=O) groups excluding carboxylic acids is 1. The van der Waals surface area contributed by atoms with Gasteiger partial charge in [0.1, 0.15) is 5.75 Å². The van der Waals surface area contributed by atoms with Gasteiger partial charge in [-0.1, -0.05) is 31.7 Å². The number of nitrogens with two attached hydrogens (primary N) is 1. The van der Waals surface area contributed by atoms with Crippen LogP contribution in [0.25, 0.3) is 0 Å². The second-order valence-corrected chi connectivity index (χ2v) is 5.74. The van der Waals surface area contributed by atoms with Crippen molar-refractivity contribution in [1.29, 1.82) is 0 Å². The molecule has 0 unspecified atom stereocenters. The van der Waals surface area contributed by atoms with E-state index in [9.17, 15) is 9.90 Å². The number of nitrogens with one attached hydrogen (secondary N) is 1. The predicted molar refractivity (Wildman–Crippen MR) is 82.4 cm³/mol. The first-order valence-corrected chi connectivity index (χ1v) is 7.49. The maximum Gasteiger partial charge on any atom is 0.253 e. The van der Waals surface area contributed by atoms with Crippen LogP contribution in [0.5, 0.6) is 5.75 Å². The Morgan fingerprint density at radius 3 is 2.62 bits per heavy atom. The fourth-order valence-electron chi connectivity index (χ4n) is 2.82. The quantitative estimate of drug-likeness (QED) is 0.586. The molecule has 1 fully saturated rings. The first-order chi connectivity index (χ1) is 10.1. The number of nitrogen functional groups attached to an aromatic ring is 1. The highest BCUT2D eigenvalue weighted by molar-refractivity contribution is 6.00. The molecular formula is C16H24N2O3. The SMILES string of the molecule is COc1cccc(C(=O)NCC2(O)CCCCCC2)c1N. The number of hydrogen-bond acceptors (Lipinski definition) is 4. The van der Waals surface area contributed by atoms with Crippen LogP contribution in [0.2, 0.25) is 0 Å². The summed E-state index contributed by atoms with van der Waals surface area (Å²) in [6.45, 7) is 0.266. The van der Waals surface area contributed by atoms with Crippen molar-refractivity contribution in [2.24, 2.45) is 0 Å². The first kappa shape index (κ1) is 15.6. The molecule has 1 saturated carbocycles. The average Bonchev–Trinajstić information content (AvgIpc) is 2.70. The summed E-state index contributed by atoms with van der Waals surface area (Å²) in [6, 6.07) is 5.10. The molecule has 0 saturated heterocycles. The highest BCUT2D eigenvalue weighted by Crippen LogP contribution is 2.27. The molecule has 0 bridgehead atoms. The molecule has 2 rings (SSSR count). The Balaban J connectivity index is 2.01. The van der Waals surface area contributed by atoms with Gasteiger partial charge in [0, 0.05) is 6.54 Å². The number of methoxy groups -OCH3 is 1. The molecule has 0 heterocycles. The van der Waals surface area contributed by atoms with Crippen molar-refractivity contribution in [2.45, 2.75) is 44.1 Å². The van der Waals surface area contributed by atoms with Gasteiger partial charge in [-0.25, -0.2) is 0 Å². The van der Waals surface area contributed by atoms with Gasteiger partial charge in [0.25, 0.3) is 5.91 Å². The van der Waals surface area contributed by atoms with Crippen molar-refractivity contribution in [1.82, 2.24) is 5.32 Å². The van der Waals surface area contributed by atoms with Crippen LogP contribution in [0.15, 0.2) is 18.2 Å². The fraction of sp³-hybridized carbons (Fsp3) is 0.562. The van der Waals surface area contributed by atoms with Crippen molar-refractivity contribution in [3.05, 3.63) is 23.8 Å². The van der Waals surface area contributed by atoms with Crippen molar-refractivity contribution in [3.8, 4) is 5.75 Å². The molecule has 0 spiro atoms. The summed E-state index contributed by atoms with van der Waals surface area (Å²) in [5.41, 5.74) is 5.83. The summed E-state index contributed by atoms with van der Waals surface area (Å²) in [4.78, 5) is 12.2. The second kappa shape index (κ2) is 6.80. The summed E-state index contributed by atoms with van der Waals surface area (Å²) in [5.74, 6) is 0.208. The third kappa shape index (κ3) is 3.88. The maximum atomic E-state index is 12.2. The topological polar surface area (TPSA) is 84.6 Å². The monoisotopic (exact) mass is 292 g/mol. The van der Waals surface area contributed by atoms with Gasteiger partial charge in [0.2, 0.25) is 0 Å². The van der Waals surface area contributed by atoms with E-state index in [2.05, 4.69) is 5.32 Å². The fourth-order valence-corrected chi connectivity index (χ4v) is 2.82. The van der Waals surface area contributed by atoms with Gasteiger partial charge in [-0.2, -0.15) is 0 Å². The minimum Gasteiger partial charge on any atom is -0.495 e. The molecule has 5 heteroatoms. The molecule has 1 aliphatic rings. The molecule has 1 aromatic carbocycles. The van der Waals surface area contributed by atoms with Gasteiger partial charge < -0.3 is 20.9 Å². The van der Waals surface area contributed by atoms with Crippen LogP contribution in [0.1, 0.15) is 48.9 Å². The number of hydrogen-bond donors (Lipinski definition) is 3. The Morgan fingerprint density at radius 2 is 2.00 bits per heavy atom. The van der Waals surface area contributed by atoms with Gasteiger partial charge in [-0.05, 0) is 25.0 Å². The Labute approximate surface area is 125 Å². The maximum absolute atomic E-state index is 12.2. The van der Waals surface area contributed by atoms with Gasteiger partial charge >= 0.3 is 0 Å². The van der Waals surface area contributed by atoms with E-state index < -0.39 is 5.60 Å². The van der Waals surface area contributed by atoms with Gasteiger partial charge in [-0.3, -0.25) is 4.79 Å². The third-order valence-electron chi connectivity index (χ3n) is 4.14. The Hall–Kier alpha value is -1.75. The molecule has 1 aliphatic carbocycles. The van der Waals surface area contributed by atoms with Crippen LogP contribution in [-0.4, -0.2) is 30.3 Å². The van der Waals surface area contributed by atoms with E-state index in [-0.39, 0.29) is 12.5 Å². The van der Waals surface area contributed by atoms with Crippen LogP contribution < -0.4 is 15.8 Å². The van der Waals surface area contributed by atoms with Crippen LogP contribution in [0.3, 0.4) is 0 Å². The molecule has 0 aliphatic heterocycles. The van der Waals surface area contributed by atoms with E-state index in [0.717, 1.165) is 38.5 Å². The molecule has 21 heavy (non-hydrogen) atoms. The lowest BCUT2D eigenvalue weighted by atomic mass is 9.94. The minimum atomic E-state index is -0.792. The number of benzene rings is 1. The van der Waals surface area contributed by atoms with Crippen molar-refractivity contribution in [2.75, 3.05) is 19.4 Å². The van der Waals surface area contributed by atoms with Crippen molar-refractivity contribution < 1.29 is 14.6 Å². The molecule has 4 N–H and O–H groups in total. The molecule has 0 atom stereocenters. The number of carbonyl (C=O) groups is 1. The number of aliphatic hydroxyl groups is 1. The van der Waals surface area contributed by atoms with E-state index in [0.29, 0.717) is 17.0 Å². The van der Waals surface area contributed by atoms with Gasteiger partial charge in [0.05, 0.1) is 24.0 Å². The summed E-state index contributed by atoms with van der Waals surface area (Å²) in [5, 5.41) is 13.4. The van der Waals surface area contributed by atoms with E-state index in [1.165, 1.54) is 7.11 Å². The predicted octanol–water partition coefficient (Wildman–Crippen LogP) is 2.09. The largest absolute Gasteiger partial charge is 0.495 e. The number of amides is 1. The van der Waals surface area contributed by atoms with Crippen LogP contribution in [0.4, 0.5) is 5.69 Å². The lowest BCUT2D eigenvalue weighted by Gasteiger charge is -2.27. The third-order valence-corrected chi connectivity index (χ3v) is 4.14. The minimum absolute atomic E-state index is 0.266. The van der Waals surface area contributed by atoms with Gasteiger partial charge in [0.15, 0.2) is 0 Å². The summed E-state index contributed by atoms with van der Waals surface area (Å²) < 4.78 is 5.11. The zero-order valence-electron chi connectivity index (χ0n) is 12.5. The highest BCUT2D eigenvalue weighted by Gasteiger charge is 2.28. The zero-order valence-corrected chi connectivity index (χ0v) is 12.5. The molecule has 1 amide bonds. The van der Waals surface area contributed by atoms with Crippen molar-refractivity contribution in [3.63, 3.8) is 0 Å². The van der Waals surface area contributed by atoms with Crippen LogP contribution in [0, 0.1) is 0 Å². The Morgan fingerprint density at radius 1 is 1.33 bits per heavy atom. The average molecular weight is 292 g/mol. The zero-order chi connectivity index (χ0) is 15.3. The van der Waals surface area contributed by atoms with Crippen LogP contribution >= 0.6 is 0 Å². The molecule has 0 radical (unpaired) electrons. The second-order valence-electron chi connectivity index (χ2n) is 5.74. The van der Waals surface area contributed by atoms with Crippen molar-refractivity contribution >= 4 is 11.6 Å². The Bertz CT molecular complexity index is 494. The normalized spacial score (nSPS) is 17.8. The number of para-hydroxylation sites is 1.